The lowest BCUT2D eigenvalue weighted by atomic mass is 10.2. The molecule has 2 amide bonds. The number of hydrogen-bond donors (Lipinski definition) is 2. The van der Waals surface area contributed by atoms with Gasteiger partial charge >= 0.3 is 0 Å². The summed E-state index contributed by atoms with van der Waals surface area (Å²) >= 11 is 0. The molecule has 4 nitrogen and oxygen atoms in total. The quantitative estimate of drug-likeness (QED) is 0.853. The molecule has 2 rings (SSSR count). The Morgan fingerprint density at radius 2 is 1.86 bits per heavy atom. The summed E-state index contributed by atoms with van der Waals surface area (Å²) in [5, 5.41) is 5.13. The second-order valence-corrected chi connectivity index (χ2v) is 4.50. The smallest absolute Gasteiger partial charge is 0.251 e. The fourth-order valence-corrected chi connectivity index (χ4v) is 1.84. The van der Waals surface area contributed by atoms with Crippen molar-refractivity contribution < 1.29 is 14.0 Å². The largest absolute Gasteiger partial charge is 0.355 e. The van der Waals surface area contributed by atoms with Gasteiger partial charge in [0.2, 0.25) is 5.91 Å². The van der Waals surface area contributed by atoms with Crippen molar-refractivity contribution in [2.45, 2.75) is 0 Å². The fraction of sp³-hybridized carbons (Fsp3) is 0.0588. The first kappa shape index (κ1) is 15.4. The minimum absolute atomic E-state index is 0.238. The van der Waals surface area contributed by atoms with Gasteiger partial charge in [-0.15, -0.1) is 0 Å². The number of benzene rings is 2. The van der Waals surface area contributed by atoms with Crippen LogP contribution in [0.4, 0.5) is 10.1 Å². The number of hydrogen-bond acceptors (Lipinski definition) is 2. The average Bonchev–Trinajstić information content (AvgIpc) is 2.53. The van der Waals surface area contributed by atoms with Crippen LogP contribution in [0.5, 0.6) is 0 Å². The molecule has 0 aliphatic heterocycles. The molecule has 0 aliphatic carbocycles. The molecule has 0 saturated carbocycles. The predicted molar refractivity (Wildman–Crippen MR) is 83.9 cm³/mol. The molecular formula is C17H15FN2O2. The number of rotatable bonds is 4. The Morgan fingerprint density at radius 1 is 1.09 bits per heavy atom. The molecule has 0 fully saturated rings. The van der Waals surface area contributed by atoms with Crippen LogP contribution in [0.15, 0.2) is 54.6 Å². The van der Waals surface area contributed by atoms with E-state index in [2.05, 4.69) is 10.6 Å². The first-order chi connectivity index (χ1) is 10.6. The van der Waals surface area contributed by atoms with Gasteiger partial charge in [0.25, 0.3) is 5.91 Å². The minimum atomic E-state index is -0.405. The molecule has 2 aromatic rings. The zero-order valence-electron chi connectivity index (χ0n) is 12.0. The van der Waals surface area contributed by atoms with Crippen molar-refractivity contribution in [2.24, 2.45) is 0 Å². The molecular weight excluding hydrogens is 283 g/mol. The summed E-state index contributed by atoms with van der Waals surface area (Å²) < 4.78 is 13.4. The van der Waals surface area contributed by atoms with Crippen LogP contribution in [0, 0.1) is 5.82 Å². The highest BCUT2D eigenvalue weighted by Crippen LogP contribution is 2.12. The number of carbonyl (C=O) groups excluding carboxylic acids is 2. The van der Waals surface area contributed by atoms with Gasteiger partial charge in [-0.2, -0.15) is 0 Å². The third-order valence-electron chi connectivity index (χ3n) is 2.94. The zero-order chi connectivity index (χ0) is 15.9. The van der Waals surface area contributed by atoms with Gasteiger partial charge in [0.1, 0.15) is 5.82 Å². The number of nitrogens with one attached hydrogen (secondary N) is 2. The number of amides is 2. The summed E-state index contributed by atoms with van der Waals surface area (Å²) in [5.41, 5.74) is 1.26. The van der Waals surface area contributed by atoms with Gasteiger partial charge in [-0.25, -0.2) is 4.39 Å². The Morgan fingerprint density at radius 3 is 2.59 bits per heavy atom. The average molecular weight is 298 g/mol. The Kier molecular flexibility index (Phi) is 5.03. The molecule has 0 saturated heterocycles. The van der Waals surface area contributed by atoms with E-state index in [4.69, 9.17) is 0 Å². The van der Waals surface area contributed by atoms with Crippen molar-refractivity contribution in [1.29, 1.82) is 0 Å². The standard InChI is InChI=1S/C17H15FN2O2/c1-19-17(22)13-6-4-7-14(11-13)20-16(21)10-9-12-5-2-3-8-15(12)18/h2-11H,1H3,(H,19,22)(H,20,21)/b10-9+. The molecule has 0 radical (unpaired) electrons. The monoisotopic (exact) mass is 298 g/mol. The first-order valence-electron chi connectivity index (χ1n) is 6.66. The van der Waals surface area contributed by atoms with Crippen molar-refractivity contribution in [2.75, 3.05) is 12.4 Å². The van der Waals surface area contributed by atoms with Crippen LogP contribution < -0.4 is 10.6 Å². The van der Waals surface area contributed by atoms with E-state index in [1.165, 1.54) is 25.3 Å². The summed E-state index contributed by atoms with van der Waals surface area (Å²) in [6.45, 7) is 0. The van der Waals surface area contributed by atoms with Crippen LogP contribution in [-0.4, -0.2) is 18.9 Å². The summed E-state index contributed by atoms with van der Waals surface area (Å²) in [6.07, 6.45) is 2.64. The lowest BCUT2D eigenvalue weighted by Gasteiger charge is -2.05. The van der Waals surface area contributed by atoms with Gasteiger partial charge in [-0.1, -0.05) is 24.3 Å². The third-order valence-corrected chi connectivity index (χ3v) is 2.94. The third kappa shape index (κ3) is 4.02. The van der Waals surface area contributed by atoms with E-state index in [9.17, 15) is 14.0 Å². The van der Waals surface area contributed by atoms with Crippen LogP contribution in [0.3, 0.4) is 0 Å². The summed E-state index contributed by atoms with van der Waals surface area (Å²) in [6, 6.07) is 12.7. The second-order valence-electron chi connectivity index (χ2n) is 4.50. The number of halogens is 1. The first-order valence-corrected chi connectivity index (χ1v) is 6.66. The SMILES string of the molecule is CNC(=O)c1cccc(NC(=O)/C=C/c2ccccc2F)c1. The lowest BCUT2D eigenvalue weighted by molar-refractivity contribution is -0.111. The Hall–Kier alpha value is -2.95. The van der Waals surface area contributed by atoms with Crippen molar-refractivity contribution in [3.05, 3.63) is 71.6 Å². The van der Waals surface area contributed by atoms with Crippen LogP contribution >= 0.6 is 0 Å². The Bertz CT molecular complexity index is 726. The van der Waals surface area contributed by atoms with E-state index >= 15 is 0 Å². The van der Waals surface area contributed by atoms with Crippen LogP contribution in [0.1, 0.15) is 15.9 Å². The maximum Gasteiger partial charge on any atom is 0.251 e. The Labute approximate surface area is 127 Å². The number of carbonyl (C=O) groups is 2. The highest BCUT2D eigenvalue weighted by atomic mass is 19.1. The van der Waals surface area contributed by atoms with E-state index < -0.39 is 11.7 Å². The molecule has 2 aromatic carbocycles. The molecule has 0 aliphatic rings. The molecule has 0 heterocycles. The van der Waals surface area contributed by atoms with Crippen LogP contribution in [-0.2, 0) is 4.79 Å². The topological polar surface area (TPSA) is 58.2 Å². The highest BCUT2D eigenvalue weighted by molar-refractivity contribution is 6.03. The molecule has 5 heteroatoms. The molecule has 0 unspecified atom stereocenters. The van der Waals surface area contributed by atoms with Crippen LogP contribution in [0.2, 0.25) is 0 Å². The molecule has 0 aromatic heterocycles. The van der Waals surface area contributed by atoms with Crippen LogP contribution in [0.25, 0.3) is 6.08 Å². The van der Waals surface area contributed by atoms with E-state index in [-0.39, 0.29) is 5.91 Å². The molecule has 112 valence electrons. The van der Waals surface area contributed by atoms with Gasteiger partial charge in [-0.3, -0.25) is 9.59 Å². The van der Waals surface area contributed by atoms with E-state index in [0.29, 0.717) is 16.8 Å². The zero-order valence-corrected chi connectivity index (χ0v) is 12.0. The maximum absolute atomic E-state index is 13.4. The fourth-order valence-electron chi connectivity index (χ4n) is 1.84. The predicted octanol–water partition coefficient (Wildman–Crippen LogP) is 2.84. The van der Waals surface area contributed by atoms with Gasteiger partial charge < -0.3 is 10.6 Å². The summed E-state index contributed by atoms with van der Waals surface area (Å²) in [7, 11) is 1.53. The van der Waals surface area contributed by atoms with Gasteiger partial charge in [0, 0.05) is 29.9 Å². The van der Waals surface area contributed by atoms with Gasteiger partial charge in [0.05, 0.1) is 0 Å². The lowest BCUT2D eigenvalue weighted by Crippen LogP contribution is -2.18. The van der Waals surface area contributed by atoms with Crippen molar-refractivity contribution in [1.82, 2.24) is 5.32 Å². The molecule has 0 atom stereocenters. The molecule has 0 bridgehead atoms. The molecule has 2 N–H and O–H groups in total. The van der Waals surface area contributed by atoms with Gasteiger partial charge in [-0.05, 0) is 30.3 Å². The van der Waals surface area contributed by atoms with E-state index in [0.717, 1.165) is 0 Å². The van der Waals surface area contributed by atoms with Gasteiger partial charge in [0.15, 0.2) is 0 Å². The second kappa shape index (κ2) is 7.17. The van der Waals surface area contributed by atoms with E-state index in [1.54, 1.807) is 42.5 Å². The van der Waals surface area contributed by atoms with E-state index in [1.807, 2.05) is 0 Å². The Balaban J connectivity index is 2.06. The summed E-state index contributed by atoms with van der Waals surface area (Å²) in [4.78, 5) is 23.3. The van der Waals surface area contributed by atoms with Crippen molar-refractivity contribution in [3.63, 3.8) is 0 Å². The van der Waals surface area contributed by atoms with Crippen molar-refractivity contribution in [3.8, 4) is 0 Å². The molecule has 0 spiro atoms. The number of anilines is 1. The minimum Gasteiger partial charge on any atom is -0.355 e. The highest BCUT2D eigenvalue weighted by Gasteiger charge is 2.05. The molecule has 22 heavy (non-hydrogen) atoms. The summed E-state index contributed by atoms with van der Waals surface area (Å²) in [5.74, 6) is -1.04. The maximum atomic E-state index is 13.4. The normalized spacial score (nSPS) is 10.5. The van der Waals surface area contributed by atoms with Crippen molar-refractivity contribution >= 4 is 23.6 Å².